The Labute approximate surface area is 309 Å². The third kappa shape index (κ3) is 6.87. The lowest BCUT2D eigenvalue weighted by Crippen LogP contribution is -2.64. The van der Waals surface area contributed by atoms with Gasteiger partial charge >= 0.3 is 0 Å². The van der Waals surface area contributed by atoms with Crippen molar-refractivity contribution < 1.29 is 59.8 Å². The summed E-state index contributed by atoms with van der Waals surface area (Å²) < 4.78 is 24.0. The quantitative estimate of drug-likeness (QED) is 0.161. The van der Waals surface area contributed by atoms with E-state index in [9.17, 15) is 40.9 Å². The average Bonchev–Trinajstić information content (AvgIpc) is 3.47. The zero-order chi connectivity index (χ0) is 38.1. The SMILES string of the molecule is CC(C)=CCCC(C)(OC1OC(COC2OCC(O)C(O)C2O)C(O)C(O)C1O)C1CCC2(C)C1C(O)CC1C3CCC(O)C(C)(C)C3CCC12C. The van der Waals surface area contributed by atoms with Crippen molar-refractivity contribution in [2.24, 2.45) is 45.8 Å². The Balaban J connectivity index is 1.24. The van der Waals surface area contributed by atoms with Gasteiger partial charge in [0.1, 0.15) is 42.7 Å². The lowest BCUT2D eigenvalue weighted by atomic mass is 9.39. The van der Waals surface area contributed by atoms with Crippen LogP contribution < -0.4 is 0 Å². The first-order valence-corrected chi connectivity index (χ1v) is 19.9. The average molecular weight is 741 g/mol. The van der Waals surface area contributed by atoms with E-state index in [-0.39, 0.29) is 47.4 Å². The smallest absolute Gasteiger partial charge is 0.187 e. The van der Waals surface area contributed by atoms with Crippen LogP contribution in [0.1, 0.15) is 106 Å². The number of ether oxygens (including phenoxy) is 4. The fraction of sp³-hybridized carbons (Fsp3) is 0.950. The summed E-state index contributed by atoms with van der Waals surface area (Å²) in [5, 5.41) is 86.7. The molecular formula is C40H68O12. The third-order valence-electron chi connectivity index (χ3n) is 15.7. The molecule has 0 radical (unpaired) electrons. The summed E-state index contributed by atoms with van der Waals surface area (Å²) in [7, 11) is 0. The van der Waals surface area contributed by atoms with Gasteiger partial charge in [0.15, 0.2) is 12.6 Å². The maximum Gasteiger partial charge on any atom is 0.187 e. The molecule has 2 saturated heterocycles. The summed E-state index contributed by atoms with van der Waals surface area (Å²) in [6.07, 6.45) is -3.96. The van der Waals surface area contributed by atoms with Gasteiger partial charge in [-0.2, -0.15) is 0 Å². The molecule has 6 fully saturated rings. The standard InChI is InChI=1S/C40H68O12/c1-20(2)9-8-14-40(7,52-36-34(48)32(46)31(45)27(51-36)19-50-35-33(47)30(44)26(42)18-49-35)23-13-16-39(6)29(23)25(41)17-24-21-10-11-28(43)37(3,4)22(21)12-15-38(24,39)5/h9,21-36,41-48H,8,10-19H2,1-7H3. The predicted molar refractivity (Wildman–Crippen MR) is 190 cm³/mol. The van der Waals surface area contributed by atoms with Crippen molar-refractivity contribution in [2.75, 3.05) is 13.2 Å². The highest BCUT2D eigenvalue weighted by atomic mass is 16.7. The van der Waals surface area contributed by atoms with E-state index in [1.807, 2.05) is 20.8 Å². The van der Waals surface area contributed by atoms with E-state index >= 15 is 0 Å². The minimum absolute atomic E-state index is 0.00896. The number of aliphatic hydroxyl groups excluding tert-OH is 8. The van der Waals surface area contributed by atoms with Gasteiger partial charge < -0.3 is 59.8 Å². The van der Waals surface area contributed by atoms with E-state index < -0.39 is 67.0 Å². The van der Waals surface area contributed by atoms with Crippen molar-refractivity contribution in [1.82, 2.24) is 0 Å². The van der Waals surface area contributed by atoms with Crippen LogP contribution in [0.5, 0.6) is 0 Å². The van der Waals surface area contributed by atoms with Crippen LogP contribution >= 0.6 is 0 Å². The van der Waals surface area contributed by atoms with Crippen molar-refractivity contribution in [2.45, 2.75) is 179 Å². The lowest BCUT2D eigenvalue weighted by Gasteiger charge is -2.67. The first kappa shape index (κ1) is 40.9. The zero-order valence-corrected chi connectivity index (χ0v) is 32.3. The fourth-order valence-corrected chi connectivity index (χ4v) is 12.3. The van der Waals surface area contributed by atoms with Gasteiger partial charge in [-0.25, -0.2) is 0 Å². The van der Waals surface area contributed by atoms with Gasteiger partial charge in [-0.15, -0.1) is 0 Å². The highest BCUT2D eigenvalue weighted by molar-refractivity contribution is 5.18. The molecule has 2 heterocycles. The molecule has 4 saturated carbocycles. The predicted octanol–water partition coefficient (Wildman–Crippen LogP) is 2.40. The molecule has 4 aliphatic carbocycles. The largest absolute Gasteiger partial charge is 0.393 e. The van der Waals surface area contributed by atoms with Crippen molar-refractivity contribution in [3.63, 3.8) is 0 Å². The molecule has 19 unspecified atom stereocenters. The molecule has 0 amide bonds. The highest BCUT2D eigenvalue weighted by Crippen LogP contribution is 2.73. The maximum absolute atomic E-state index is 12.3. The Hall–Kier alpha value is -0.740. The maximum atomic E-state index is 12.3. The zero-order valence-electron chi connectivity index (χ0n) is 32.3. The molecule has 12 nitrogen and oxygen atoms in total. The molecule has 8 N–H and O–H groups in total. The van der Waals surface area contributed by atoms with Gasteiger partial charge in [-0.3, -0.25) is 0 Å². The molecule has 0 aromatic heterocycles. The van der Waals surface area contributed by atoms with Crippen molar-refractivity contribution in [3.8, 4) is 0 Å². The Kier molecular flexibility index (Phi) is 11.8. The van der Waals surface area contributed by atoms with E-state index in [0.717, 1.165) is 38.5 Å². The first-order valence-electron chi connectivity index (χ1n) is 19.9. The van der Waals surface area contributed by atoms with Crippen LogP contribution in [-0.2, 0) is 18.9 Å². The lowest BCUT2D eigenvalue weighted by molar-refractivity contribution is -0.345. The van der Waals surface area contributed by atoms with E-state index in [1.165, 1.54) is 5.57 Å². The molecule has 12 heteroatoms. The molecule has 0 spiro atoms. The molecule has 0 bridgehead atoms. The Morgan fingerprint density at radius 1 is 0.769 bits per heavy atom. The van der Waals surface area contributed by atoms with Crippen LogP contribution in [0.2, 0.25) is 0 Å². The summed E-state index contributed by atoms with van der Waals surface area (Å²) in [5.41, 5.74) is -0.0705. The van der Waals surface area contributed by atoms with Crippen molar-refractivity contribution in [3.05, 3.63) is 11.6 Å². The number of rotatable bonds is 9. The molecule has 19 atom stereocenters. The normalized spacial score (nSPS) is 51.4. The van der Waals surface area contributed by atoms with E-state index in [4.69, 9.17) is 18.9 Å². The van der Waals surface area contributed by atoms with Crippen LogP contribution in [0, 0.1) is 45.8 Å². The molecule has 0 aromatic rings. The van der Waals surface area contributed by atoms with Gasteiger partial charge in [0, 0.05) is 0 Å². The van der Waals surface area contributed by atoms with Crippen LogP contribution in [0.25, 0.3) is 0 Å². The van der Waals surface area contributed by atoms with Crippen LogP contribution in [0.4, 0.5) is 0 Å². The number of aliphatic hydroxyl groups is 8. The van der Waals surface area contributed by atoms with E-state index in [0.29, 0.717) is 37.0 Å². The highest BCUT2D eigenvalue weighted by Gasteiger charge is 2.69. The number of hydrogen-bond acceptors (Lipinski definition) is 12. The van der Waals surface area contributed by atoms with Crippen molar-refractivity contribution >= 4 is 0 Å². The molecular weight excluding hydrogens is 672 g/mol. The Morgan fingerprint density at radius 3 is 2.13 bits per heavy atom. The minimum atomic E-state index is -1.62. The van der Waals surface area contributed by atoms with E-state index in [2.05, 4.69) is 33.8 Å². The summed E-state index contributed by atoms with van der Waals surface area (Å²) in [6.45, 7) is 14.8. The number of allylic oxidation sites excluding steroid dienone is 2. The third-order valence-corrected chi connectivity index (χ3v) is 15.7. The van der Waals surface area contributed by atoms with Crippen molar-refractivity contribution in [1.29, 1.82) is 0 Å². The molecule has 6 rings (SSSR count). The summed E-state index contributed by atoms with van der Waals surface area (Å²) in [6, 6.07) is 0. The fourth-order valence-electron chi connectivity index (χ4n) is 12.3. The molecule has 2 aliphatic heterocycles. The van der Waals surface area contributed by atoms with Gasteiger partial charge in [-0.05, 0) is 124 Å². The topological polar surface area (TPSA) is 199 Å². The second kappa shape index (κ2) is 15.0. The summed E-state index contributed by atoms with van der Waals surface area (Å²) >= 11 is 0. The summed E-state index contributed by atoms with van der Waals surface area (Å²) in [4.78, 5) is 0. The van der Waals surface area contributed by atoms with Gasteiger partial charge in [0.25, 0.3) is 0 Å². The second-order valence-corrected chi connectivity index (χ2v) is 19.0. The van der Waals surface area contributed by atoms with Crippen LogP contribution in [0.3, 0.4) is 0 Å². The number of hydrogen-bond donors (Lipinski definition) is 8. The second-order valence-electron chi connectivity index (χ2n) is 19.0. The molecule has 300 valence electrons. The minimum Gasteiger partial charge on any atom is -0.393 e. The number of fused-ring (bicyclic) bond motifs is 5. The molecule has 52 heavy (non-hydrogen) atoms. The van der Waals surface area contributed by atoms with Gasteiger partial charge in [0.05, 0.1) is 31.0 Å². The van der Waals surface area contributed by atoms with Crippen LogP contribution in [-0.4, -0.2) is 127 Å². The van der Waals surface area contributed by atoms with Gasteiger partial charge in [-0.1, -0.05) is 39.3 Å². The first-order chi connectivity index (χ1) is 24.3. The van der Waals surface area contributed by atoms with Crippen LogP contribution in [0.15, 0.2) is 11.6 Å². The molecule has 0 aromatic carbocycles. The monoisotopic (exact) mass is 740 g/mol. The summed E-state index contributed by atoms with van der Waals surface area (Å²) in [5.74, 6) is 1.06. The van der Waals surface area contributed by atoms with Gasteiger partial charge in [0.2, 0.25) is 0 Å². The Bertz CT molecular complexity index is 1270. The molecule has 6 aliphatic rings. The Morgan fingerprint density at radius 2 is 1.44 bits per heavy atom. The van der Waals surface area contributed by atoms with E-state index in [1.54, 1.807) is 0 Å².